The Balaban J connectivity index is 4.66. The van der Waals surface area contributed by atoms with Crippen molar-refractivity contribution in [1.82, 2.24) is 16.0 Å². The summed E-state index contributed by atoms with van der Waals surface area (Å²) in [6, 6.07) is -2.06. The monoisotopic (exact) mass is 417 g/mol. The van der Waals surface area contributed by atoms with E-state index in [1.807, 2.05) is 0 Å². The van der Waals surface area contributed by atoms with Crippen LogP contribution < -0.4 is 16.0 Å². The number of aliphatic carboxylic acids is 1. The fraction of sp³-hybridized carbons (Fsp3) is 0.789. The number of nitrogens with one attached hydrogen (secondary N) is 3. The van der Waals surface area contributed by atoms with E-state index in [2.05, 4.69) is 16.0 Å². The first kappa shape index (κ1) is 26.5. The lowest BCUT2D eigenvalue weighted by Crippen LogP contribution is -2.51. The Morgan fingerprint density at radius 3 is 1.86 bits per heavy atom. The van der Waals surface area contributed by atoms with Crippen LogP contribution in [-0.2, 0) is 19.1 Å². The number of carboxylic acids is 1. The fourth-order valence-corrected chi connectivity index (χ4v) is 2.07. The fourth-order valence-electron chi connectivity index (χ4n) is 2.07. The van der Waals surface area contributed by atoms with Gasteiger partial charge in [-0.25, -0.2) is 9.59 Å². The zero-order valence-corrected chi connectivity index (χ0v) is 18.4. The van der Waals surface area contributed by atoms with Gasteiger partial charge in [0.05, 0.1) is 0 Å². The Kier molecular flexibility index (Phi) is 10.5. The molecule has 3 amide bonds. The van der Waals surface area contributed by atoms with Crippen LogP contribution in [0.2, 0.25) is 0 Å². The summed E-state index contributed by atoms with van der Waals surface area (Å²) in [6.07, 6.45) is -0.0343. The normalized spacial score (nSPS) is 13.6. The highest BCUT2D eigenvalue weighted by Gasteiger charge is 2.26. The summed E-state index contributed by atoms with van der Waals surface area (Å²) in [5.41, 5.74) is -1.33. The summed E-state index contributed by atoms with van der Waals surface area (Å²) in [5.74, 6) is -1.80. The molecule has 0 aliphatic carbocycles. The Bertz CT molecular complexity index is 579. The molecule has 10 nitrogen and oxygen atoms in total. The van der Waals surface area contributed by atoms with Gasteiger partial charge in [-0.15, -0.1) is 0 Å². The minimum Gasteiger partial charge on any atom is -0.480 e. The van der Waals surface area contributed by atoms with Gasteiger partial charge in [-0.05, 0) is 67.7 Å². The van der Waals surface area contributed by atoms with Crippen LogP contribution in [0, 0.1) is 0 Å². The molecule has 0 heterocycles. The van der Waals surface area contributed by atoms with Crippen molar-refractivity contribution in [2.75, 3.05) is 6.54 Å². The molecule has 0 aromatic heterocycles. The molecule has 10 heteroatoms. The number of carboxylic acid groups (broad SMARTS) is 1. The van der Waals surface area contributed by atoms with Crippen molar-refractivity contribution in [2.24, 2.45) is 0 Å². The van der Waals surface area contributed by atoms with Crippen molar-refractivity contribution in [3.8, 4) is 0 Å². The van der Waals surface area contributed by atoms with Gasteiger partial charge in [0.2, 0.25) is 5.91 Å². The molecule has 0 aliphatic heterocycles. The Morgan fingerprint density at radius 1 is 0.862 bits per heavy atom. The summed E-state index contributed by atoms with van der Waals surface area (Å²) in [5, 5.41) is 16.4. The molecule has 0 unspecified atom stereocenters. The second kappa shape index (κ2) is 11.5. The van der Waals surface area contributed by atoms with Crippen LogP contribution in [-0.4, -0.2) is 59.0 Å². The number of carbonyl (C=O) groups excluding carboxylic acids is 3. The number of hydrogen-bond acceptors (Lipinski definition) is 6. The number of carbonyl (C=O) groups is 4. The smallest absolute Gasteiger partial charge is 0.408 e. The molecule has 0 radical (unpaired) electrons. The lowest BCUT2D eigenvalue weighted by Gasteiger charge is -2.24. The van der Waals surface area contributed by atoms with Gasteiger partial charge in [-0.2, -0.15) is 0 Å². The molecular weight excluding hydrogens is 382 g/mol. The van der Waals surface area contributed by atoms with Crippen molar-refractivity contribution in [3.05, 3.63) is 0 Å². The van der Waals surface area contributed by atoms with Gasteiger partial charge in [0.1, 0.15) is 23.3 Å². The number of amides is 3. The summed E-state index contributed by atoms with van der Waals surface area (Å²) in [6.45, 7) is 12.0. The van der Waals surface area contributed by atoms with Gasteiger partial charge in [0.25, 0.3) is 0 Å². The van der Waals surface area contributed by atoms with Crippen LogP contribution in [0.1, 0.15) is 67.7 Å². The van der Waals surface area contributed by atoms with E-state index in [1.165, 1.54) is 6.92 Å². The molecule has 0 saturated carbocycles. The third-order valence-corrected chi connectivity index (χ3v) is 3.32. The average Bonchev–Trinajstić information content (AvgIpc) is 2.49. The number of hydrogen-bond donors (Lipinski definition) is 4. The number of unbranched alkanes of at least 4 members (excludes halogenated alkanes) is 1. The minimum atomic E-state index is -1.18. The number of alkyl carbamates (subject to hydrolysis) is 2. The van der Waals surface area contributed by atoms with E-state index < -0.39 is 47.3 Å². The first-order valence-electron chi connectivity index (χ1n) is 9.60. The summed E-state index contributed by atoms with van der Waals surface area (Å²) < 4.78 is 10.3. The van der Waals surface area contributed by atoms with Gasteiger partial charge in [0.15, 0.2) is 0 Å². The van der Waals surface area contributed by atoms with Gasteiger partial charge in [0, 0.05) is 6.54 Å². The van der Waals surface area contributed by atoms with E-state index >= 15 is 0 Å². The van der Waals surface area contributed by atoms with Crippen LogP contribution >= 0.6 is 0 Å². The van der Waals surface area contributed by atoms with Crippen LogP contribution in [0.25, 0.3) is 0 Å². The topological polar surface area (TPSA) is 143 Å². The van der Waals surface area contributed by atoms with Gasteiger partial charge < -0.3 is 30.5 Å². The van der Waals surface area contributed by atoms with Crippen molar-refractivity contribution < 1.29 is 33.8 Å². The lowest BCUT2D eigenvalue weighted by molar-refractivity contribution is -0.141. The van der Waals surface area contributed by atoms with Gasteiger partial charge >= 0.3 is 18.2 Å². The molecule has 2 atom stereocenters. The third kappa shape index (κ3) is 14.2. The average molecular weight is 418 g/mol. The van der Waals surface area contributed by atoms with Gasteiger partial charge in [-0.3, -0.25) is 9.59 Å². The molecule has 168 valence electrons. The first-order valence-corrected chi connectivity index (χ1v) is 9.60. The Labute approximate surface area is 172 Å². The molecular formula is C19H35N3O7. The molecule has 0 spiro atoms. The van der Waals surface area contributed by atoms with Crippen molar-refractivity contribution in [1.29, 1.82) is 0 Å². The SMILES string of the molecule is C[C@H](NC(=O)[C@H](CCCCNC(=O)OC(C)(C)C)NC(=O)OC(C)(C)C)C(=O)O. The predicted octanol–water partition coefficient (Wildman–Crippen LogP) is 2.16. The highest BCUT2D eigenvalue weighted by atomic mass is 16.6. The van der Waals surface area contributed by atoms with Crippen molar-refractivity contribution in [3.63, 3.8) is 0 Å². The van der Waals surface area contributed by atoms with Crippen molar-refractivity contribution >= 4 is 24.1 Å². The standard InChI is InChI=1S/C19H35N3O7/c1-12(15(24)25)21-14(23)13(22-17(27)29-19(5,6)7)10-8-9-11-20-16(26)28-18(2,3)4/h12-13H,8-11H2,1-7H3,(H,20,26)(H,21,23)(H,22,27)(H,24,25)/t12-,13-/m0/s1. The molecule has 0 aromatic rings. The molecule has 0 aromatic carbocycles. The molecule has 0 saturated heterocycles. The zero-order chi connectivity index (χ0) is 22.8. The second-order valence-electron chi connectivity index (χ2n) is 8.69. The summed E-state index contributed by atoms with van der Waals surface area (Å²) in [7, 11) is 0. The second-order valence-corrected chi connectivity index (χ2v) is 8.69. The molecule has 0 rings (SSSR count). The molecule has 29 heavy (non-hydrogen) atoms. The molecule has 0 bridgehead atoms. The number of ether oxygens (including phenoxy) is 2. The predicted molar refractivity (Wildman–Crippen MR) is 106 cm³/mol. The van der Waals surface area contributed by atoms with E-state index in [1.54, 1.807) is 41.5 Å². The van der Waals surface area contributed by atoms with Crippen LogP contribution in [0.5, 0.6) is 0 Å². The van der Waals surface area contributed by atoms with Crippen LogP contribution in [0.3, 0.4) is 0 Å². The van der Waals surface area contributed by atoms with Crippen molar-refractivity contribution in [2.45, 2.75) is 91.0 Å². The zero-order valence-electron chi connectivity index (χ0n) is 18.4. The number of rotatable bonds is 9. The van der Waals surface area contributed by atoms with Crippen LogP contribution in [0.15, 0.2) is 0 Å². The lowest BCUT2D eigenvalue weighted by atomic mass is 10.1. The van der Waals surface area contributed by atoms with E-state index in [0.29, 0.717) is 19.4 Å². The van der Waals surface area contributed by atoms with E-state index in [0.717, 1.165) is 0 Å². The summed E-state index contributed by atoms with van der Waals surface area (Å²) in [4.78, 5) is 46.9. The third-order valence-electron chi connectivity index (χ3n) is 3.32. The first-order chi connectivity index (χ1) is 13.1. The highest BCUT2D eigenvalue weighted by molar-refractivity contribution is 5.89. The summed E-state index contributed by atoms with van der Waals surface area (Å²) >= 11 is 0. The van der Waals surface area contributed by atoms with Crippen LogP contribution in [0.4, 0.5) is 9.59 Å². The quantitative estimate of drug-likeness (QED) is 0.421. The van der Waals surface area contributed by atoms with Gasteiger partial charge in [-0.1, -0.05) is 0 Å². The molecule has 0 aliphatic rings. The van der Waals surface area contributed by atoms with E-state index in [-0.39, 0.29) is 6.42 Å². The Morgan fingerprint density at radius 2 is 1.38 bits per heavy atom. The van der Waals surface area contributed by atoms with E-state index in [4.69, 9.17) is 14.6 Å². The molecule has 4 N–H and O–H groups in total. The maximum atomic E-state index is 12.4. The Hall–Kier alpha value is -2.52. The minimum absolute atomic E-state index is 0.243. The highest BCUT2D eigenvalue weighted by Crippen LogP contribution is 2.09. The maximum absolute atomic E-state index is 12.4. The maximum Gasteiger partial charge on any atom is 0.408 e. The van der Waals surface area contributed by atoms with E-state index in [9.17, 15) is 19.2 Å². The molecule has 0 fully saturated rings. The largest absolute Gasteiger partial charge is 0.480 e.